The summed E-state index contributed by atoms with van der Waals surface area (Å²) < 4.78 is 27.6. The second-order valence-electron chi connectivity index (χ2n) is 8.41. The largest absolute Gasteiger partial charge is 0.361 e. The fourth-order valence-corrected chi connectivity index (χ4v) is 6.34. The van der Waals surface area contributed by atoms with Gasteiger partial charge in [0.25, 0.3) is 0 Å². The van der Waals surface area contributed by atoms with E-state index in [2.05, 4.69) is 11.1 Å². The van der Waals surface area contributed by atoms with E-state index in [1.165, 1.54) is 0 Å². The van der Waals surface area contributed by atoms with Crippen molar-refractivity contribution in [2.75, 3.05) is 24.5 Å². The van der Waals surface area contributed by atoms with Crippen molar-refractivity contribution in [1.29, 1.82) is 0 Å². The second-order valence-corrected chi connectivity index (χ2v) is 10.3. The standard InChI is InChI=1S/C24H27N3O3S/c28-24(11-8-19-17-25-22-7-3-2-6-21(19)22)27-15-12-18-16-20(9-10-23(18)27)31(29,30)26-13-4-1-5-14-26/h2-3,6-7,9-10,16-17,25H,1,4-5,8,11-15H2. The van der Waals surface area contributed by atoms with Crippen molar-refractivity contribution in [3.05, 3.63) is 59.8 Å². The molecule has 3 heterocycles. The van der Waals surface area contributed by atoms with Gasteiger partial charge >= 0.3 is 0 Å². The summed E-state index contributed by atoms with van der Waals surface area (Å²) in [6.45, 7) is 1.80. The maximum Gasteiger partial charge on any atom is 0.243 e. The summed E-state index contributed by atoms with van der Waals surface area (Å²) in [6, 6.07) is 13.3. The third kappa shape index (κ3) is 3.77. The smallest absolute Gasteiger partial charge is 0.243 e. The Morgan fingerprint density at radius 3 is 2.65 bits per heavy atom. The molecule has 2 aromatic carbocycles. The Kier molecular flexibility index (Phi) is 5.32. The second kappa shape index (κ2) is 8.13. The molecule has 0 atom stereocenters. The molecule has 0 aliphatic carbocycles. The normalized spacial score (nSPS) is 17.2. The van der Waals surface area contributed by atoms with Crippen LogP contribution in [-0.4, -0.2) is 43.2 Å². The highest BCUT2D eigenvalue weighted by molar-refractivity contribution is 7.89. The SMILES string of the molecule is O=C(CCc1c[nH]c2ccccc12)N1CCc2cc(S(=O)(=O)N3CCCCC3)ccc21. The van der Waals surface area contributed by atoms with Gasteiger partial charge in [-0.1, -0.05) is 24.6 Å². The molecule has 2 aliphatic rings. The third-order valence-corrected chi connectivity index (χ3v) is 8.38. The molecule has 0 bridgehead atoms. The zero-order valence-corrected chi connectivity index (χ0v) is 18.3. The van der Waals surface area contributed by atoms with Gasteiger partial charge in [0.1, 0.15) is 0 Å². The van der Waals surface area contributed by atoms with Gasteiger partial charge < -0.3 is 9.88 Å². The Balaban J connectivity index is 1.30. The van der Waals surface area contributed by atoms with E-state index in [4.69, 9.17) is 0 Å². The number of hydrogen-bond acceptors (Lipinski definition) is 3. The number of piperidine rings is 1. The number of anilines is 1. The molecule has 31 heavy (non-hydrogen) atoms. The van der Waals surface area contributed by atoms with E-state index in [1.807, 2.05) is 35.4 Å². The van der Waals surface area contributed by atoms with Gasteiger partial charge in [0.15, 0.2) is 0 Å². The number of hydrogen-bond donors (Lipinski definition) is 1. The number of H-pyrrole nitrogens is 1. The fourth-order valence-electron chi connectivity index (χ4n) is 4.77. The van der Waals surface area contributed by atoms with E-state index in [0.717, 1.165) is 47.0 Å². The topological polar surface area (TPSA) is 73.5 Å². The molecular formula is C24H27N3O3S. The Morgan fingerprint density at radius 1 is 1.00 bits per heavy atom. The first kappa shape index (κ1) is 20.3. The molecule has 3 aromatic rings. The summed E-state index contributed by atoms with van der Waals surface area (Å²) in [7, 11) is -3.46. The van der Waals surface area contributed by atoms with Gasteiger partial charge in [0.05, 0.1) is 4.90 Å². The first-order chi connectivity index (χ1) is 15.0. The highest BCUT2D eigenvalue weighted by atomic mass is 32.2. The van der Waals surface area contributed by atoms with Crippen molar-refractivity contribution in [2.24, 2.45) is 0 Å². The third-order valence-electron chi connectivity index (χ3n) is 6.48. The van der Waals surface area contributed by atoms with Gasteiger partial charge in [-0.25, -0.2) is 8.42 Å². The van der Waals surface area contributed by atoms with E-state index in [0.29, 0.717) is 43.8 Å². The summed E-state index contributed by atoms with van der Waals surface area (Å²) in [4.78, 5) is 18.4. The predicted octanol–water partition coefficient (Wildman–Crippen LogP) is 3.86. The lowest BCUT2D eigenvalue weighted by Crippen LogP contribution is -2.35. The zero-order valence-electron chi connectivity index (χ0n) is 17.5. The quantitative estimate of drug-likeness (QED) is 0.659. The van der Waals surface area contributed by atoms with Crippen LogP contribution >= 0.6 is 0 Å². The summed E-state index contributed by atoms with van der Waals surface area (Å²) in [5.74, 6) is 0.0793. The molecule has 1 amide bonds. The molecule has 2 aliphatic heterocycles. The first-order valence-electron chi connectivity index (χ1n) is 11.0. The Hall–Kier alpha value is -2.64. The molecule has 0 saturated carbocycles. The number of amides is 1. The number of fused-ring (bicyclic) bond motifs is 2. The number of sulfonamides is 1. The molecule has 1 N–H and O–H groups in total. The van der Waals surface area contributed by atoms with Crippen LogP contribution in [-0.2, 0) is 27.7 Å². The minimum Gasteiger partial charge on any atom is -0.361 e. The van der Waals surface area contributed by atoms with E-state index < -0.39 is 10.0 Å². The molecule has 1 saturated heterocycles. The van der Waals surface area contributed by atoms with E-state index in [1.54, 1.807) is 16.4 Å². The Morgan fingerprint density at radius 2 is 1.81 bits per heavy atom. The lowest BCUT2D eigenvalue weighted by atomic mass is 10.1. The average Bonchev–Trinajstić information content (AvgIpc) is 3.42. The van der Waals surface area contributed by atoms with Gasteiger partial charge in [0, 0.05) is 48.8 Å². The van der Waals surface area contributed by atoms with Crippen molar-refractivity contribution < 1.29 is 13.2 Å². The first-order valence-corrected chi connectivity index (χ1v) is 12.5. The van der Waals surface area contributed by atoms with Crippen molar-refractivity contribution in [1.82, 2.24) is 9.29 Å². The van der Waals surface area contributed by atoms with Gasteiger partial charge in [-0.05, 0) is 61.1 Å². The molecular weight excluding hydrogens is 410 g/mol. The molecule has 0 unspecified atom stereocenters. The maximum atomic E-state index is 13.0. The van der Waals surface area contributed by atoms with Crippen LogP contribution in [0.2, 0.25) is 0 Å². The van der Waals surface area contributed by atoms with Gasteiger partial charge in [0.2, 0.25) is 15.9 Å². The molecule has 0 radical (unpaired) electrons. The van der Waals surface area contributed by atoms with E-state index in [-0.39, 0.29) is 5.91 Å². The van der Waals surface area contributed by atoms with Gasteiger partial charge in [-0.2, -0.15) is 4.31 Å². The van der Waals surface area contributed by atoms with Crippen molar-refractivity contribution in [3.8, 4) is 0 Å². The molecule has 162 valence electrons. The predicted molar refractivity (Wildman–Crippen MR) is 122 cm³/mol. The minimum absolute atomic E-state index is 0.0793. The number of rotatable bonds is 5. The van der Waals surface area contributed by atoms with E-state index >= 15 is 0 Å². The highest BCUT2D eigenvalue weighted by Crippen LogP contribution is 2.32. The van der Waals surface area contributed by atoms with Gasteiger partial charge in [-0.3, -0.25) is 4.79 Å². The monoisotopic (exact) mass is 437 g/mol. The number of nitrogens with one attached hydrogen (secondary N) is 1. The molecule has 5 rings (SSSR count). The summed E-state index contributed by atoms with van der Waals surface area (Å²) in [5, 5.41) is 1.16. The number of aryl methyl sites for hydroxylation is 1. The highest BCUT2D eigenvalue weighted by Gasteiger charge is 2.30. The summed E-state index contributed by atoms with van der Waals surface area (Å²) >= 11 is 0. The van der Waals surface area contributed by atoms with Crippen molar-refractivity contribution >= 4 is 32.5 Å². The van der Waals surface area contributed by atoms with Crippen LogP contribution in [0.5, 0.6) is 0 Å². The average molecular weight is 438 g/mol. The fraction of sp³-hybridized carbons (Fsp3) is 0.375. The number of aromatic nitrogens is 1. The molecule has 0 spiro atoms. The van der Waals surface area contributed by atoms with Crippen LogP contribution in [0.1, 0.15) is 36.8 Å². The van der Waals surface area contributed by atoms with E-state index in [9.17, 15) is 13.2 Å². The minimum atomic E-state index is -3.46. The van der Waals surface area contributed by atoms with Gasteiger partial charge in [-0.15, -0.1) is 0 Å². The lowest BCUT2D eigenvalue weighted by Gasteiger charge is -2.26. The van der Waals surface area contributed by atoms with Crippen LogP contribution in [0.15, 0.2) is 53.6 Å². The Bertz CT molecular complexity index is 1230. The molecule has 1 aromatic heterocycles. The number of carbonyl (C=O) groups is 1. The van der Waals surface area contributed by atoms with Crippen molar-refractivity contribution in [2.45, 2.75) is 43.4 Å². The number of para-hydroxylation sites is 1. The summed E-state index contributed by atoms with van der Waals surface area (Å²) in [6.07, 6.45) is 6.70. The van der Waals surface area contributed by atoms with Crippen LogP contribution in [0, 0.1) is 0 Å². The van der Waals surface area contributed by atoms with Crippen molar-refractivity contribution in [3.63, 3.8) is 0 Å². The number of aromatic amines is 1. The molecule has 1 fully saturated rings. The number of carbonyl (C=O) groups excluding carboxylic acids is 1. The van der Waals surface area contributed by atoms with Crippen LogP contribution in [0.4, 0.5) is 5.69 Å². The molecule has 6 nitrogen and oxygen atoms in total. The number of nitrogens with zero attached hydrogens (tertiary/aromatic N) is 2. The molecule has 7 heteroatoms. The zero-order chi connectivity index (χ0) is 21.4. The summed E-state index contributed by atoms with van der Waals surface area (Å²) in [5.41, 5.74) is 4.02. The maximum absolute atomic E-state index is 13.0. The van der Waals surface area contributed by atoms with Crippen LogP contribution < -0.4 is 4.90 Å². The number of benzene rings is 2. The van der Waals surface area contributed by atoms with Crippen LogP contribution in [0.3, 0.4) is 0 Å². The van der Waals surface area contributed by atoms with Crippen LogP contribution in [0.25, 0.3) is 10.9 Å². The lowest BCUT2D eigenvalue weighted by molar-refractivity contribution is -0.118. The Labute approximate surface area is 182 Å².